The van der Waals surface area contributed by atoms with Gasteiger partial charge < -0.3 is 15.1 Å². The molecule has 1 aliphatic heterocycles. The molecule has 32 heavy (non-hydrogen) atoms. The molecule has 1 saturated heterocycles. The lowest BCUT2D eigenvalue weighted by Gasteiger charge is -2.42. The SMILES string of the molecule is O=C(Nc1cccc(F)c1)N1CCN(c2cnc3ccccc3n2)C(c2ccccc2)C1. The van der Waals surface area contributed by atoms with E-state index in [0.717, 1.165) is 22.4 Å². The molecule has 0 spiro atoms. The number of nitrogens with zero attached hydrogens (tertiary/aromatic N) is 4. The molecule has 0 aliphatic carbocycles. The number of amides is 2. The van der Waals surface area contributed by atoms with Gasteiger partial charge in [0.15, 0.2) is 0 Å². The molecule has 2 amide bonds. The van der Waals surface area contributed by atoms with Crippen molar-refractivity contribution in [3.05, 3.63) is 96.4 Å². The van der Waals surface area contributed by atoms with Crippen LogP contribution in [0.25, 0.3) is 11.0 Å². The molecule has 1 atom stereocenters. The van der Waals surface area contributed by atoms with Gasteiger partial charge in [-0.3, -0.25) is 4.98 Å². The van der Waals surface area contributed by atoms with Gasteiger partial charge >= 0.3 is 6.03 Å². The van der Waals surface area contributed by atoms with Crippen molar-refractivity contribution in [1.82, 2.24) is 14.9 Å². The average molecular weight is 427 g/mol. The lowest BCUT2D eigenvalue weighted by atomic mass is 10.0. The molecular weight excluding hydrogens is 405 g/mol. The highest BCUT2D eigenvalue weighted by molar-refractivity contribution is 5.89. The fourth-order valence-electron chi connectivity index (χ4n) is 4.06. The van der Waals surface area contributed by atoms with E-state index in [9.17, 15) is 9.18 Å². The summed E-state index contributed by atoms with van der Waals surface area (Å²) in [5.74, 6) is 0.396. The van der Waals surface area contributed by atoms with Gasteiger partial charge in [-0.05, 0) is 35.9 Å². The number of rotatable bonds is 3. The van der Waals surface area contributed by atoms with Crippen LogP contribution >= 0.6 is 0 Å². The summed E-state index contributed by atoms with van der Waals surface area (Å²) >= 11 is 0. The second kappa shape index (κ2) is 8.63. The number of aromatic nitrogens is 2. The van der Waals surface area contributed by atoms with Gasteiger partial charge in [-0.25, -0.2) is 14.2 Å². The van der Waals surface area contributed by atoms with Crippen molar-refractivity contribution in [2.45, 2.75) is 6.04 Å². The topological polar surface area (TPSA) is 61.4 Å². The Kier molecular flexibility index (Phi) is 5.37. The van der Waals surface area contributed by atoms with E-state index in [4.69, 9.17) is 4.98 Å². The van der Waals surface area contributed by atoms with E-state index in [1.165, 1.54) is 12.1 Å². The molecule has 3 aromatic carbocycles. The maximum Gasteiger partial charge on any atom is 0.321 e. The van der Waals surface area contributed by atoms with Gasteiger partial charge in [0.2, 0.25) is 0 Å². The van der Waals surface area contributed by atoms with Crippen LogP contribution in [0, 0.1) is 5.82 Å². The van der Waals surface area contributed by atoms with E-state index >= 15 is 0 Å². The van der Waals surface area contributed by atoms with Crippen LogP contribution in [0.3, 0.4) is 0 Å². The first kappa shape index (κ1) is 19.9. The minimum Gasteiger partial charge on any atom is -0.345 e. The summed E-state index contributed by atoms with van der Waals surface area (Å²) in [6.45, 7) is 1.59. The summed E-state index contributed by atoms with van der Waals surface area (Å²) in [6.07, 6.45) is 1.79. The Bertz CT molecular complexity index is 1250. The molecule has 0 bridgehead atoms. The Morgan fingerprint density at radius 3 is 2.53 bits per heavy atom. The van der Waals surface area contributed by atoms with Crippen LogP contribution in [0.5, 0.6) is 0 Å². The predicted molar refractivity (Wildman–Crippen MR) is 123 cm³/mol. The van der Waals surface area contributed by atoms with Crippen molar-refractivity contribution in [1.29, 1.82) is 0 Å². The molecule has 1 unspecified atom stereocenters. The Hall–Kier alpha value is -4.00. The van der Waals surface area contributed by atoms with E-state index in [-0.39, 0.29) is 17.9 Å². The first-order valence-corrected chi connectivity index (χ1v) is 10.5. The fourth-order valence-corrected chi connectivity index (χ4v) is 4.06. The third kappa shape index (κ3) is 4.09. The second-order valence-electron chi connectivity index (χ2n) is 7.72. The maximum atomic E-state index is 13.5. The number of fused-ring (bicyclic) bond motifs is 1. The van der Waals surface area contributed by atoms with Crippen molar-refractivity contribution >= 4 is 28.6 Å². The number of piperazine rings is 1. The fraction of sp³-hybridized carbons (Fsp3) is 0.160. The maximum absolute atomic E-state index is 13.5. The number of carbonyl (C=O) groups excluding carboxylic acids is 1. The van der Waals surface area contributed by atoms with Gasteiger partial charge in [0.05, 0.1) is 23.3 Å². The van der Waals surface area contributed by atoms with Crippen LogP contribution in [0.2, 0.25) is 0 Å². The lowest BCUT2D eigenvalue weighted by molar-refractivity contribution is 0.198. The van der Waals surface area contributed by atoms with Crippen molar-refractivity contribution in [3.8, 4) is 0 Å². The van der Waals surface area contributed by atoms with Gasteiger partial charge in [-0.15, -0.1) is 0 Å². The van der Waals surface area contributed by atoms with Crippen molar-refractivity contribution < 1.29 is 9.18 Å². The van der Waals surface area contributed by atoms with Crippen molar-refractivity contribution in [2.24, 2.45) is 0 Å². The average Bonchev–Trinajstić information content (AvgIpc) is 2.84. The molecule has 0 radical (unpaired) electrons. The molecule has 1 fully saturated rings. The Morgan fingerprint density at radius 1 is 0.938 bits per heavy atom. The van der Waals surface area contributed by atoms with Crippen LogP contribution in [0.1, 0.15) is 11.6 Å². The third-order valence-electron chi connectivity index (χ3n) is 5.66. The molecule has 7 heteroatoms. The number of nitrogens with one attached hydrogen (secondary N) is 1. The highest BCUT2D eigenvalue weighted by atomic mass is 19.1. The van der Waals surface area contributed by atoms with Crippen LogP contribution in [0.15, 0.2) is 85.1 Å². The smallest absolute Gasteiger partial charge is 0.321 e. The molecule has 2 heterocycles. The van der Waals surface area contributed by atoms with Gasteiger partial charge in [0.1, 0.15) is 11.6 Å². The first-order chi connectivity index (χ1) is 15.7. The Balaban J connectivity index is 1.42. The van der Waals surface area contributed by atoms with E-state index in [2.05, 4.69) is 27.3 Å². The molecule has 1 aromatic heterocycles. The summed E-state index contributed by atoms with van der Waals surface area (Å²) in [4.78, 5) is 26.3. The number of hydrogen-bond donors (Lipinski definition) is 1. The van der Waals surface area contributed by atoms with E-state index in [1.54, 1.807) is 23.2 Å². The highest BCUT2D eigenvalue weighted by Crippen LogP contribution is 2.30. The van der Waals surface area contributed by atoms with E-state index in [1.807, 2.05) is 42.5 Å². The Morgan fingerprint density at radius 2 is 1.72 bits per heavy atom. The minimum absolute atomic E-state index is 0.0846. The van der Waals surface area contributed by atoms with Crippen molar-refractivity contribution in [3.63, 3.8) is 0 Å². The predicted octanol–water partition coefficient (Wildman–Crippen LogP) is 4.86. The number of benzene rings is 3. The summed E-state index contributed by atoms with van der Waals surface area (Å²) in [7, 11) is 0. The number of anilines is 2. The quantitative estimate of drug-likeness (QED) is 0.507. The number of urea groups is 1. The van der Waals surface area contributed by atoms with Crippen molar-refractivity contribution in [2.75, 3.05) is 29.9 Å². The zero-order chi connectivity index (χ0) is 21.9. The third-order valence-corrected chi connectivity index (χ3v) is 5.66. The molecule has 160 valence electrons. The van der Waals surface area contributed by atoms with Gasteiger partial charge in [0.25, 0.3) is 0 Å². The monoisotopic (exact) mass is 427 g/mol. The zero-order valence-electron chi connectivity index (χ0n) is 17.4. The highest BCUT2D eigenvalue weighted by Gasteiger charge is 2.32. The molecule has 5 rings (SSSR count). The van der Waals surface area contributed by atoms with Gasteiger partial charge in [-0.1, -0.05) is 48.5 Å². The summed E-state index contributed by atoms with van der Waals surface area (Å²) in [5.41, 5.74) is 3.21. The van der Waals surface area contributed by atoms with Gasteiger partial charge in [0, 0.05) is 25.3 Å². The standard InChI is InChI=1S/C25H22FN5O/c26-19-9-6-10-20(15-19)28-25(32)30-13-14-31(23(17-30)18-7-2-1-3-8-18)24-16-27-21-11-4-5-12-22(21)29-24/h1-12,15-16,23H,13-14,17H2,(H,28,32). The van der Waals surface area contributed by atoms with Crippen LogP contribution in [-0.4, -0.2) is 40.5 Å². The molecule has 4 aromatic rings. The molecule has 1 N–H and O–H groups in total. The summed E-state index contributed by atoms with van der Waals surface area (Å²) in [6, 6.07) is 23.4. The first-order valence-electron chi connectivity index (χ1n) is 10.5. The molecule has 6 nitrogen and oxygen atoms in total. The minimum atomic E-state index is -0.385. The molecular formula is C25H22FN5O. The second-order valence-corrected chi connectivity index (χ2v) is 7.72. The summed E-state index contributed by atoms with van der Waals surface area (Å²) in [5, 5.41) is 2.80. The molecule has 0 saturated carbocycles. The largest absolute Gasteiger partial charge is 0.345 e. The van der Waals surface area contributed by atoms with Gasteiger partial charge in [-0.2, -0.15) is 0 Å². The van der Waals surface area contributed by atoms with E-state index < -0.39 is 0 Å². The number of carbonyl (C=O) groups is 1. The van der Waals surface area contributed by atoms with Crippen LogP contribution < -0.4 is 10.2 Å². The molecule has 1 aliphatic rings. The van der Waals surface area contributed by atoms with Crippen LogP contribution in [0.4, 0.5) is 20.7 Å². The number of halogens is 1. The number of para-hydroxylation sites is 2. The summed E-state index contributed by atoms with van der Waals surface area (Å²) < 4.78 is 13.5. The van der Waals surface area contributed by atoms with Crippen LogP contribution in [-0.2, 0) is 0 Å². The Labute approximate surface area is 185 Å². The zero-order valence-corrected chi connectivity index (χ0v) is 17.4. The number of hydrogen-bond acceptors (Lipinski definition) is 4. The lowest BCUT2D eigenvalue weighted by Crippen LogP contribution is -2.52. The van der Waals surface area contributed by atoms with E-state index in [0.29, 0.717) is 25.3 Å². The normalized spacial score (nSPS) is 16.2.